The Hall–Kier alpha value is -0.630. The van der Waals surface area contributed by atoms with Crippen molar-refractivity contribution >= 4 is 21.7 Å². The number of hydrogen-bond acceptors (Lipinski definition) is 1. The van der Waals surface area contributed by atoms with Crippen LogP contribution in [-0.2, 0) is 11.2 Å². The Labute approximate surface area is 112 Å². The number of ketones is 1. The van der Waals surface area contributed by atoms with Crippen LogP contribution in [0.4, 0.5) is 0 Å². The van der Waals surface area contributed by atoms with E-state index in [2.05, 4.69) is 28.1 Å². The van der Waals surface area contributed by atoms with Crippen LogP contribution in [0.3, 0.4) is 0 Å². The quantitative estimate of drug-likeness (QED) is 0.797. The van der Waals surface area contributed by atoms with Crippen molar-refractivity contribution in [3.63, 3.8) is 0 Å². The summed E-state index contributed by atoms with van der Waals surface area (Å²) in [4.78, 5) is 12.0. The average Bonchev–Trinajstić information content (AvgIpc) is 2.37. The molecule has 2 rings (SSSR count). The van der Waals surface area contributed by atoms with E-state index in [1.807, 2.05) is 12.1 Å². The van der Waals surface area contributed by atoms with E-state index in [0.29, 0.717) is 18.1 Å². The molecule has 0 aromatic heterocycles. The number of Topliss-reactive ketones (excluding diaryl/α,β-unsaturated/α-hetero) is 1. The summed E-state index contributed by atoms with van der Waals surface area (Å²) >= 11 is 3.46. The molecule has 1 nitrogen and oxygen atoms in total. The number of benzene rings is 1. The van der Waals surface area contributed by atoms with Gasteiger partial charge in [-0.15, -0.1) is 0 Å². The summed E-state index contributed by atoms with van der Waals surface area (Å²) in [6.07, 6.45) is 7.64. The van der Waals surface area contributed by atoms with E-state index in [0.717, 1.165) is 23.7 Å². The average molecular weight is 295 g/mol. The molecular weight excluding hydrogens is 276 g/mol. The largest absolute Gasteiger partial charge is 0.299 e. The fourth-order valence-electron chi connectivity index (χ4n) is 2.59. The molecule has 0 aliphatic heterocycles. The Bertz CT molecular complexity index is 380. The smallest absolute Gasteiger partial charge is 0.136 e. The minimum atomic E-state index is 0.357. The number of aryl methyl sites for hydroxylation is 1. The first-order chi connectivity index (χ1) is 8.25. The SMILES string of the molecule is O=C(CCc1cccc(Br)c1)C1CCCCC1. The Balaban J connectivity index is 1.83. The van der Waals surface area contributed by atoms with Crippen molar-refractivity contribution in [2.24, 2.45) is 5.92 Å². The molecule has 0 bridgehead atoms. The maximum Gasteiger partial charge on any atom is 0.136 e. The van der Waals surface area contributed by atoms with Gasteiger partial charge in [0.1, 0.15) is 5.78 Å². The summed E-state index contributed by atoms with van der Waals surface area (Å²) in [5.74, 6) is 0.834. The van der Waals surface area contributed by atoms with Gasteiger partial charge in [-0.1, -0.05) is 47.3 Å². The summed E-state index contributed by atoms with van der Waals surface area (Å²) in [5.41, 5.74) is 1.25. The Kier molecular flexibility index (Phi) is 4.78. The van der Waals surface area contributed by atoms with E-state index in [1.165, 1.54) is 24.8 Å². The zero-order chi connectivity index (χ0) is 12.1. The van der Waals surface area contributed by atoms with Crippen LogP contribution in [0.2, 0.25) is 0 Å². The van der Waals surface area contributed by atoms with Gasteiger partial charge in [-0.25, -0.2) is 0 Å². The molecule has 1 aromatic carbocycles. The van der Waals surface area contributed by atoms with E-state index >= 15 is 0 Å². The van der Waals surface area contributed by atoms with Gasteiger partial charge >= 0.3 is 0 Å². The monoisotopic (exact) mass is 294 g/mol. The lowest BCUT2D eigenvalue weighted by Gasteiger charge is -2.20. The first-order valence-corrected chi connectivity index (χ1v) is 7.32. The van der Waals surface area contributed by atoms with Crippen LogP contribution < -0.4 is 0 Å². The number of hydrogen-bond donors (Lipinski definition) is 0. The van der Waals surface area contributed by atoms with Crippen molar-refractivity contribution in [2.75, 3.05) is 0 Å². The molecule has 2 heteroatoms. The van der Waals surface area contributed by atoms with Crippen molar-refractivity contribution in [3.05, 3.63) is 34.3 Å². The molecule has 92 valence electrons. The highest BCUT2D eigenvalue weighted by Gasteiger charge is 2.20. The van der Waals surface area contributed by atoms with E-state index in [-0.39, 0.29) is 0 Å². The molecule has 0 atom stereocenters. The molecule has 1 aromatic rings. The Morgan fingerprint density at radius 1 is 1.24 bits per heavy atom. The third kappa shape index (κ3) is 3.95. The number of carbonyl (C=O) groups is 1. The van der Waals surface area contributed by atoms with E-state index in [1.54, 1.807) is 0 Å². The maximum atomic E-state index is 12.0. The second-order valence-corrected chi connectivity index (χ2v) is 5.85. The van der Waals surface area contributed by atoms with Crippen molar-refractivity contribution in [3.8, 4) is 0 Å². The molecular formula is C15H19BrO. The summed E-state index contributed by atoms with van der Waals surface area (Å²) < 4.78 is 1.10. The molecule has 0 radical (unpaired) electrons. The molecule has 1 fully saturated rings. The standard InChI is InChI=1S/C15H19BrO/c16-14-8-4-5-12(11-14)9-10-15(17)13-6-2-1-3-7-13/h4-5,8,11,13H,1-3,6-7,9-10H2. The van der Waals surface area contributed by atoms with Crippen LogP contribution in [0.15, 0.2) is 28.7 Å². The highest BCUT2D eigenvalue weighted by Crippen LogP contribution is 2.25. The van der Waals surface area contributed by atoms with Gasteiger partial charge in [-0.3, -0.25) is 4.79 Å². The minimum absolute atomic E-state index is 0.357. The predicted molar refractivity (Wildman–Crippen MR) is 74.0 cm³/mol. The van der Waals surface area contributed by atoms with Crippen LogP contribution in [0.1, 0.15) is 44.1 Å². The summed E-state index contributed by atoms with van der Waals surface area (Å²) in [5, 5.41) is 0. The van der Waals surface area contributed by atoms with E-state index in [4.69, 9.17) is 0 Å². The fourth-order valence-corrected chi connectivity index (χ4v) is 3.04. The third-order valence-corrected chi connectivity index (χ3v) is 4.10. The zero-order valence-electron chi connectivity index (χ0n) is 10.1. The van der Waals surface area contributed by atoms with Crippen molar-refractivity contribution in [1.82, 2.24) is 0 Å². The second kappa shape index (κ2) is 6.34. The van der Waals surface area contributed by atoms with Crippen molar-refractivity contribution in [2.45, 2.75) is 44.9 Å². The van der Waals surface area contributed by atoms with E-state index < -0.39 is 0 Å². The number of halogens is 1. The maximum absolute atomic E-state index is 12.0. The van der Waals surface area contributed by atoms with Gasteiger partial charge in [0.25, 0.3) is 0 Å². The Morgan fingerprint density at radius 3 is 2.71 bits per heavy atom. The summed E-state index contributed by atoms with van der Waals surface area (Å²) in [6, 6.07) is 8.25. The molecule has 0 amide bonds. The van der Waals surface area contributed by atoms with E-state index in [9.17, 15) is 4.79 Å². The zero-order valence-corrected chi connectivity index (χ0v) is 11.7. The topological polar surface area (TPSA) is 17.1 Å². The van der Waals surface area contributed by atoms with Gasteiger partial charge in [-0.2, -0.15) is 0 Å². The number of rotatable bonds is 4. The van der Waals surface area contributed by atoms with Gasteiger partial charge in [0.15, 0.2) is 0 Å². The van der Waals surface area contributed by atoms with Gasteiger partial charge < -0.3 is 0 Å². The van der Waals surface area contributed by atoms with Crippen LogP contribution in [0, 0.1) is 5.92 Å². The molecule has 0 heterocycles. The van der Waals surface area contributed by atoms with Crippen LogP contribution in [0.25, 0.3) is 0 Å². The first-order valence-electron chi connectivity index (χ1n) is 6.53. The molecule has 1 aliphatic rings. The van der Waals surface area contributed by atoms with Crippen molar-refractivity contribution < 1.29 is 4.79 Å². The summed E-state index contributed by atoms with van der Waals surface area (Å²) in [7, 11) is 0. The third-order valence-electron chi connectivity index (χ3n) is 3.61. The highest BCUT2D eigenvalue weighted by atomic mass is 79.9. The van der Waals surface area contributed by atoms with Crippen molar-refractivity contribution in [1.29, 1.82) is 0 Å². The lowest BCUT2D eigenvalue weighted by molar-refractivity contribution is -0.123. The highest BCUT2D eigenvalue weighted by molar-refractivity contribution is 9.10. The van der Waals surface area contributed by atoms with Crippen LogP contribution >= 0.6 is 15.9 Å². The molecule has 1 aliphatic carbocycles. The lowest BCUT2D eigenvalue weighted by atomic mass is 9.84. The molecule has 1 saturated carbocycles. The molecule has 17 heavy (non-hydrogen) atoms. The molecule has 0 saturated heterocycles. The van der Waals surface area contributed by atoms with Gasteiger partial charge in [0, 0.05) is 16.8 Å². The second-order valence-electron chi connectivity index (χ2n) is 4.93. The fraction of sp³-hybridized carbons (Fsp3) is 0.533. The predicted octanol–water partition coefficient (Wildman–Crippen LogP) is 4.53. The molecule has 0 spiro atoms. The number of carbonyl (C=O) groups excluding carboxylic acids is 1. The van der Waals surface area contributed by atoms with Gasteiger partial charge in [-0.05, 0) is 37.0 Å². The molecule has 0 unspecified atom stereocenters. The van der Waals surface area contributed by atoms with Gasteiger partial charge in [0.2, 0.25) is 0 Å². The summed E-state index contributed by atoms with van der Waals surface area (Å²) in [6.45, 7) is 0. The first kappa shape index (κ1) is 12.8. The van der Waals surface area contributed by atoms with Crippen LogP contribution in [-0.4, -0.2) is 5.78 Å². The normalized spacial score (nSPS) is 17.0. The Morgan fingerprint density at radius 2 is 2.00 bits per heavy atom. The lowest BCUT2D eigenvalue weighted by Crippen LogP contribution is -2.18. The molecule has 0 N–H and O–H groups in total. The van der Waals surface area contributed by atoms with Crippen LogP contribution in [0.5, 0.6) is 0 Å². The van der Waals surface area contributed by atoms with Gasteiger partial charge in [0.05, 0.1) is 0 Å². The minimum Gasteiger partial charge on any atom is -0.299 e.